The zero-order chi connectivity index (χ0) is 20.1. The lowest BCUT2D eigenvalue weighted by atomic mass is 10.1. The number of likely N-dealkylation sites (N-methyl/N-ethyl adjacent to an activating group) is 1. The van der Waals surface area contributed by atoms with Gasteiger partial charge in [-0.2, -0.15) is 11.3 Å². The van der Waals surface area contributed by atoms with E-state index in [2.05, 4.69) is 15.5 Å². The van der Waals surface area contributed by atoms with Crippen molar-refractivity contribution in [1.29, 1.82) is 0 Å². The van der Waals surface area contributed by atoms with Gasteiger partial charge in [0.05, 0.1) is 6.54 Å². The van der Waals surface area contributed by atoms with Crippen LogP contribution in [0.4, 0.5) is 5.69 Å². The van der Waals surface area contributed by atoms with Gasteiger partial charge in [-0.1, -0.05) is 12.1 Å². The lowest BCUT2D eigenvalue weighted by molar-refractivity contribution is -0.133. The normalized spacial score (nSPS) is 10.7. The van der Waals surface area contributed by atoms with Gasteiger partial charge < -0.3 is 14.6 Å². The number of aryl methyl sites for hydroxylation is 2. The van der Waals surface area contributed by atoms with Crippen LogP contribution in [0.3, 0.4) is 0 Å². The molecule has 28 heavy (non-hydrogen) atoms. The van der Waals surface area contributed by atoms with Gasteiger partial charge in [0.1, 0.15) is 0 Å². The first-order valence-corrected chi connectivity index (χ1v) is 9.83. The quantitative estimate of drug-likeness (QED) is 0.659. The number of carbonyl (C=O) groups excluding carboxylic acids is 2. The Bertz CT molecular complexity index is 966. The number of nitrogens with zero attached hydrogens (tertiary/aromatic N) is 3. The summed E-state index contributed by atoms with van der Waals surface area (Å²) in [6.07, 6.45) is 0.525. The topological polar surface area (TPSA) is 88.3 Å². The molecule has 0 fully saturated rings. The maximum atomic E-state index is 12.3. The second kappa shape index (κ2) is 8.79. The van der Waals surface area contributed by atoms with E-state index in [9.17, 15) is 9.59 Å². The molecule has 0 unspecified atom stereocenters. The standard InChI is InChI=1S/C20H22N4O3S/c1-13-5-4-6-16(14(13)2)21-17(25)11-24(3)19(26)8-7-18-22-23-20(27-18)15-9-10-28-12-15/h4-6,9-10,12H,7-8,11H2,1-3H3,(H,21,25). The molecular formula is C20H22N4O3S. The van der Waals surface area contributed by atoms with E-state index in [-0.39, 0.29) is 24.8 Å². The summed E-state index contributed by atoms with van der Waals surface area (Å²) in [7, 11) is 1.61. The summed E-state index contributed by atoms with van der Waals surface area (Å²) in [5.74, 6) is 0.459. The molecule has 3 rings (SSSR count). The number of amides is 2. The predicted molar refractivity (Wildman–Crippen MR) is 108 cm³/mol. The molecule has 2 heterocycles. The molecule has 2 amide bonds. The van der Waals surface area contributed by atoms with E-state index < -0.39 is 0 Å². The van der Waals surface area contributed by atoms with Gasteiger partial charge in [-0.25, -0.2) is 0 Å². The highest BCUT2D eigenvalue weighted by Gasteiger charge is 2.16. The first kappa shape index (κ1) is 19.8. The fourth-order valence-electron chi connectivity index (χ4n) is 2.64. The number of thiophene rings is 1. The Morgan fingerprint density at radius 3 is 2.79 bits per heavy atom. The van der Waals surface area contributed by atoms with E-state index in [1.165, 1.54) is 4.90 Å². The lowest BCUT2D eigenvalue weighted by Crippen LogP contribution is -2.35. The van der Waals surface area contributed by atoms with E-state index in [0.717, 1.165) is 22.4 Å². The van der Waals surface area contributed by atoms with Crippen molar-refractivity contribution < 1.29 is 14.0 Å². The van der Waals surface area contributed by atoms with E-state index in [1.807, 2.05) is 48.9 Å². The summed E-state index contributed by atoms with van der Waals surface area (Å²) >= 11 is 1.55. The smallest absolute Gasteiger partial charge is 0.248 e. The molecule has 0 radical (unpaired) electrons. The van der Waals surface area contributed by atoms with Crippen LogP contribution in [0.25, 0.3) is 11.5 Å². The summed E-state index contributed by atoms with van der Waals surface area (Å²) in [5, 5.41) is 14.7. The minimum Gasteiger partial charge on any atom is -0.421 e. The molecule has 1 N–H and O–H groups in total. The summed E-state index contributed by atoms with van der Waals surface area (Å²) < 4.78 is 5.58. The third-order valence-electron chi connectivity index (χ3n) is 4.47. The Labute approximate surface area is 167 Å². The molecule has 0 spiro atoms. The molecular weight excluding hydrogens is 376 g/mol. The van der Waals surface area contributed by atoms with Gasteiger partial charge in [0.25, 0.3) is 0 Å². The van der Waals surface area contributed by atoms with Crippen molar-refractivity contribution in [1.82, 2.24) is 15.1 Å². The van der Waals surface area contributed by atoms with Crippen molar-refractivity contribution in [2.24, 2.45) is 0 Å². The Morgan fingerprint density at radius 1 is 1.21 bits per heavy atom. The second-order valence-electron chi connectivity index (χ2n) is 6.56. The number of hydrogen-bond donors (Lipinski definition) is 1. The first-order chi connectivity index (χ1) is 13.4. The van der Waals surface area contributed by atoms with Crippen molar-refractivity contribution in [2.75, 3.05) is 18.9 Å². The molecule has 2 aromatic heterocycles. The van der Waals surface area contributed by atoms with Gasteiger partial charge in [0, 0.05) is 36.5 Å². The highest BCUT2D eigenvalue weighted by molar-refractivity contribution is 7.08. The number of aromatic nitrogens is 2. The summed E-state index contributed by atoms with van der Waals surface area (Å²) in [4.78, 5) is 26.0. The fraction of sp³-hybridized carbons (Fsp3) is 0.300. The van der Waals surface area contributed by atoms with Crippen LogP contribution in [0, 0.1) is 13.8 Å². The molecule has 0 bridgehead atoms. The van der Waals surface area contributed by atoms with Crippen LogP contribution in [-0.4, -0.2) is 40.5 Å². The molecule has 8 heteroatoms. The van der Waals surface area contributed by atoms with Crippen LogP contribution in [0.15, 0.2) is 39.4 Å². The number of anilines is 1. The highest BCUT2D eigenvalue weighted by atomic mass is 32.1. The average Bonchev–Trinajstić information content (AvgIpc) is 3.34. The Kier molecular flexibility index (Phi) is 6.20. The first-order valence-electron chi connectivity index (χ1n) is 8.89. The van der Waals surface area contributed by atoms with Crippen LogP contribution in [0.1, 0.15) is 23.4 Å². The SMILES string of the molecule is Cc1cccc(NC(=O)CN(C)C(=O)CCc2nnc(-c3ccsc3)o2)c1C. The van der Waals surface area contributed by atoms with Gasteiger partial charge in [-0.3, -0.25) is 9.59 Å². The van der Waals surface area contributed by atoms with Gasteiger partial charge in [-0.05, 0) is 42.5 Å². The van der Waals surface area contributed by atoms with Crippen LogP contribution in [0.2, 0.25) is 0 Å². The monoisotopic (exact) mass is 398 g/mol. The average molecular weight is 398 g/mol. The van der Waals surface area contributed by atoms with E-state index in [1.54, 1.807) is 18.4 Å². The van der Waals surface area contributed by atoms with Gasteiger partial charge >= 0.3 is 0 Å². The van der Waals surface area contributed by atoms with Gasteiger partial charge in [0.15, 0.2) is 0 Å². The number of carbonyl (C=O) groups is 2. The van der Waals surface area contributed by atoms with Crippen molar-refractivity contribution in [3.05, 3.63) is 52.0 Å². The van der Waals surface area contributed by atoms with Crippen LogP contribution in [0.5, 0.6) is 0 Å². The third-order valence-corrected chi connectivity index (χ3v) is 5.16. The Hall–Kier alpha value is -3.00. The summed E-state index contributed by atoms with van der Waals surface area (Å²) in [6, 6.07) is 7.63. The van der Waals surface area contributed by atoms with Gasteiger partial charge in [-0.15, -0.1) is 10.2 Å². The largest absolute Gasteiger partial charge is 0.421 e. The molecule has 0 saturated heterocycles. The Morgan fingerprint density at radius 2 is 2.04 bits per heavy atom. The van der Waals surface area contributed by atoms with Crippen molar-refractivity contribution in [2.45, 2.75) is 26.7 Å². The predicted octanol–water partition coefficient (Wildman–Crippen LogP) is 3.44. The molecule has 0 aliphatic carbocycles. The number of nitrogens with one attached hydrogen (secondary N) is 1. The van der Waals surface area contributed by atoms with E-state index in [4.69, 9.17) is 4.42 Å². The summed E-state index contributed by atoms with van der Waals surface area (Å²) in [6.45, 7) is 3.92. The molecule has 0 aliphatic heterocycles. The van der Waals surface area contributed by atoms with E-state index in [0.29, 0.717) is 18.2 Å². The molecule has 0 atom stereocenters. The molecule has 3 aromatic rings. The van der Waals surface area contributed by atoms with Crippen molar-refractivity contribution >= 4 is 28.8 Å². The van der Waals surface area contributed by atoms with Crippen LogP contribution in [-0.2, 0) is 16.0 Å². The Balaban J connectivity index is 1.49. The molecule has 146 valence electrons. The maximum Gasteiger partial charge on any atom is 0.248 e. The third kappa shape index (κ3) is 4.83. The number of hydrogen-bond acceptors (Lipinski definition) is 6. The molecule has 0 saturated carbocycles. The zero-order valence-corrected chi connectivity index (χ0v) is 16.9. The minimum atomic E-state index is -0.234. The van der Waals surface area contributed by atoms with Crippen molar-refractivity contribution in [3.8, 4) is 11.5 Å². The second-order valence-corrected chi connectivity index (χ2v) is 7.34. The fourth-order valence-corrected chi connectivity index (χ4v) is 3.27. The molecule has 7 nitrogen and oxygen atoms in total. The van der Waals surface area contributed by atoms with Crippen LogP contribution < -0.4 is 5.32 Å². The van der Waals surface area contributed by atoms with Crippen LogP contribution >= 0.6 is 11.3 Å². The minimum absolute atomic E-state index is 0.0177. The zero-order valence-electron chi connectivity index (χ0n) is 16.1. The maximum absolute atomic E-state index is 12.3. The lowest BCUT2D eigenvalue weighted by Gasteiger charge is -2.17. The van der Waals surface area contributed by atoms with Crippen molar-refractivity contribution in [3.63, 3.8) is 0 Å². The molecule has 1 aromatic carbocycles. The number of rotatable bonds is 7. The number of benzene rings is 1. The molecule has 0 aliphatic rings. The summed E-state index contributed by atoms with van der Waals surface area (Å²) in [5.41, 5.74) is 3.75. The highest BCUT2D eigenvalue weighted by Crippen LogP contribution is 2.21. The van der Waals surface area contributed by atoms with E-state index >= 15 is 0 Å². The van der Waals surface area contributed by atoms with Gasteiger partial charge in [0.2, 0.25) is 23.6 Å².